The quantitative estimate of drug-likeness (QED) is 0.887. The van der Waals surface area contributed by atoms with Crippen LogP contribution in [0.25, 0.3) is 0 Å². The number of aromatic nitrogens is 2. The van der Waals surface area contributed by atoms with Gasteiger partial charge in [0.05, 0.1) is 24.3 Å². The highest BCUT2D eigenvalue weighted by Crippen LogP contribution is 2.18. The molecule has 0 saturated heterocycles. The molecule has 0 bridgehead atoms. The van der Waals surface area contributed by atoms with Gasteiger partial charge in [0.15, 0.2) is 11.6 Å². The Bertz CT molecular complexity index is 525. The van der Waals surface area contributed by atoms with E-state index in [9.17, 15) is 13.9 Å². The molecule has 1 heterocycles. The smallest absolute Gasteiger partial charge is 0.159 e. The van der Waals surface area contributed by atoms with Crippen molar-refractivity contribution < 1.29 is 13.9 Å². The summed E-state index contributed by atoms with van der Waals surface area (Å²) in [5, 5.41) is 9.93. The van der Waals surface area contributed by atoms with E-state index >= 15 is 0 Å². The molecule has 1 atom stereocenters. The van der Waals surface area contributed by atoms with Crippen LogP contribution in [0.1, 0.15) is 17.4 Å². The summed E-state index contributed by atoms with van der Waals surface area (Å²) < 4.78 is 27.4. The van der Waals surface area contributed by atoms with E-state index in [2.05, 4.69) is 4.98 Å². The SMILES string of the molecule is Cn1cncc1C(O)Cc1ccc(F)c(F)c1. The second kappa shape index (κ2) is 4.63. The Morgan fingerprint density at radius 1 is 1.35 bits per heavy atom. The van der Waals surface area contributed by atoms with Gasteiger partial charge in [0.2, 0.25) is 0 Å². The lowest BCUT2D eigenvalue weighted by Gasteiger charge is -2.11. The maximum atomic E-state index is 13.0. The monoisotopic (exact) mass is 238 g/mol. The molecule has 0 aliphatic carbocycles. The number of hydrogen-bond acceptors (Lipinski definition) is 2. The summed E-state index contributed by atoms with van der Waals surface area (Å²) in [6.07, 6.45) is 2.55. The Kier molecular flexibility index (Phi) is 3.19. The molecule has 17 heavy (non-hydrogen) atoms. The van der Waals surface area contributed by atoms with Crippen molar-refractivity contribution in [2.75, 3.05) is 0 Å². The van der Waals surface area contributed by atoms with Crippen LogP contribution >= 0.6 is 0 Å². The number of aliphatic hydroxyl groups is 1. The van der Waals surface area contributed by atoms with E-state index < -0.39 is 17.7 Å². The Morgan fingerprint density at radius 3 is 2.71 bits per heavy atom. The second-order valence-corrected chi connectivity index (χ2v) is 3.90. The van der Waals surface area contributed by atoms with E-state index in [-0.39, 0.29) is 6.42 Å². The Labute approximate surface area is 97.3 Å². The third-order valence-electron chi connectivity index (χ3n) is 2.61. The Morgan fingerprint density at radius 2 is 2.12 bits per heavy atom. The summed E-state index contributed by atoms with van der Waals surface area (Å²) >= 11 is 0. The van der Waals surface area contributed by atoms with Crippen molar-refractivity contribution in [3.63, 3.8) is 0 Å². The van der Waals surface area contributed by atoms with Crippen LogP contribution in [0.15, 0.2) is 30.7 Å². The first kappa shape index (κ1) is 11.7. The topological polar surface area (TPSA) is 38.0 Å². The summed E-state index contributed by atoms with van der Waals surface area (Å²) in [5.41, 5.74) is 1.17. The third kappa shape index (κ3) is 2.50. The maximum Gasteiger partial charge on any atom is 0.159 e. The zero-order valence-corrected chi connectivity index (χ0v) is 9.27. The molecule has 0 saturated carbocycles. The van der Waals surface area contributed by atoms with E-state index in [1.54, 1.807) is 24.1 Å². The van der Waals surface area contributed by atoms with E-state index in [1.165, 1.54) is 6.07 Å². The molecule has 5 heteroatoms. The van der Waals surface area contributed by atoms with Gasteiger partial charge < -0.3 is 9.67 Å². The average molecular weight is 238 g/mol. The van der Waals surface area contributed by atoms with Gasteiger partial charge >= 0.3 is 0 Å². The van der Waals surface area contributed by atoms with Crippen molar-refractivity contribution in [3.8, 4) is 0 Å². The average Bonchev–Trinajstić information content (AvgIpc) is 2.70. The molecule has 2 aromatic rings. The number of imidazole rings is 1. The number of hydrogen-bond donors (Lipinski definition) is 1. The van der Waals surface area contributed by atoms with Crippen molar-refractivity contribution in [1.82, 2.24) is 9.55 Å². The van der Waals surface area contributed by atoms with Crippen LogP contribution in [0, 0.1) is 11.6 Å². The van der Waals surface area contributed by atoms with Gasteiger partial charge in [-0.2, -0.15) is 0 Å². The van der Waals surface area contributed by atoms with Gasteiger partial charge in [-0.05, 0) is 17.7 Å². The lowest BCUT2D eigenvalue weighted by Crippen LogP contribution is -2.07. The zero-order valence-electron chi connectivity index (χ0n) is 9.27. The summed E-state index contributed by atoms with van der Waals surface area (Å²) in [5.74, 6) is -1.79. The van der Waals surface area contributed by atoms with Crippen molar-refractivity contribution in [1.29, 1.82) is 0 Å². The zero-order chi connectivity index (χ0) is 12.4. The Hall–Kier alpha value is -1.75. The van der Waals surface area contributed by atoms with Gasteiger partial charge in [0.25, 0.3) is 0 Å². The minimum Gasteiger partial charge on any atom is -0.386 e. The normalized spacial score (nSPS) is 12.7. The summed E-state index contributed by atoms with van der Waals surface area (Å²) in [7, 11) is 1.76. The molecule has 0 radical (unpaired) electrons. The molecule has 1 aromatic carbocycles. The molecular weight excluding hydrogens is 226 g/mol. The minimum absolute atomic E-state index is 0.219. The van der Waals surface area contributed by atoms with Gasteiger partial charge in [-0.25, -0.2) is 13.8 Å². The number of halogens is 2. The number of rotatable bonds is 3. The second-order valence-electron chi connectivity index (χ2n) is 3.90. The summed E-state index contributed by atoms with van der Waals surface area (Å²) in [4.78, 5) is 3.88. The summed E-state index contributed by atoms with van der Waals surface area (Å²) in [6, 6.07) is 3.60. The number of benzene rings is 1. The van der Waals surface area contributed by atoms with Crippen LogP contribution in [-0.4, -0.2) is 14.7 Å². The van der Waals surface area contributed by atoms with Crippen LogP contribution in [-0.2, 0) is 13.5 Å². The molecule has 0 spiro atoms. The molecular formula is C12H12F2N2O. The third-order valence-corrected chi connectivity index (χ3v) is 2.61. The molecule has 1 unspecified atom stereocenters. The first-order chi connectivity index (χ1) is 8.08. The van der Waals surface area contributed by atoms with Crippen LogP contribution in [0.3, 0.4) is 0 Å². The van der Waals surface area contributed by atoms with Gasteiger partial charge in [0, 0.05) is 13.5 Å². The van der Waals surface area contributed by atoms with E-state index in [4.69, 9.17) is 0 Å². The molecule has 0 fully saturated rings. The van der Waals surface area contributed by atoms with Crippen molar-refractivity contribution in [2.24, 2.45) is 7.05 Å². The molecule has 1 aromatic heterocycles. The summed E-state index contributed by atoms with van der Waals surface area (Å²) in [6.45, 7) is 0. The van der Waals surface area contributed by atoms with Crippen molar-refractivity contribution >= 4 is 0 Å². The minimum atomic E-state index is -0.903. The van der Waals surface area contributed by atoms with E-state index in [0.717, 1.165) is 12.1 Å². The predicted molar refractivity (Wildman–Crippen MR) is 58.2 cm³/mol. The lowest BCUT2D eigenvalue weighted by atomic mass is 10.1. The number of aliphatic hydroxyl groups excluding tert-OH is 1. The first-order valence-electron chi connectivity index (χ1n) is 5.16. The maximum absolute atomic E-state index is 13.0. The van der Waals surface area contributed by atoms with Crippen LogP contribution in [0.2, 0.25) is 0 Å². The molecule has 90 valence electrons. The van der Waals surface area contributed by atoms with Crippen molar-refractivity contribution in [3.05, 3.63) is 53.6 Å². The lowest BCUT2D eigenvalue weighted by molar-refractivity contribution is 0.170. The van der Waals surface area contributed by atoms with Crippen LogP contribution in [0.5, 0.6) is 0 Å². The van der Waals surface area contributed by atoms with E-state index in [1.807, 2.05) is 0 Å². The van der Waals surface area contributed by atoms with Crippen LogP contribution in [0.4, 0.5) is 8.78 Å². The fraction of sp³-hybridized carbons (Fsp3) is 0.250. The highest BCUT2D eigenvalue weighted by molar-refractivity contribution is 5.20. The fourth-order valence-corrected chi connectivity index (χ4v) is 1.68. The molecule has 3 nitrogen and oxygen atoms in total. The fourth-order valence-electron chi connectivity index (χ4n) is 1.68. The van der Waals surface area contributed by atoms with Gasteiger partial charge in [-0.3, -0.25) is 0 Å². The predicted octanol–water partition coefficient (Wildman–Crippen LogP) is 1.97. The van der Waals surface area contributed by atoms with Gasteiger partial charge in [-0.1, -0.05) is 6.07 Å². The van der Waals surface area contributed by atoms with Gasteiger partial charge in [-0.15, -0.1) is 0 Å². The highest BCUT2D eigenvalue weighted by Gasteiger charge is 2.13. The van der Waals surface area contributed by atoms with Crippen LogP contribution < -0.4 is 0 Å². The number of nitrogens with zero attached hydrogens (tertiary/aromatic N) is 2. The molecule has 0 aliphatic heterocycles. The van der Waals surface area contributed by atoms with E-state index in [0.29, 0.717) is 11.3 Å². The first-order valence-corrected chi connectivity index (χ1v) is 5.16. The molecule has 0 amide bonds. The molecule has 1 N–H and O–H groups in total. The highest BCUT2D eigenvalue weighted by atomic mass is 19.2. The van der Waals surface area contributed by atoms with Crippen molar-refractivity contribution in [2.45, 2.75) is 12.5 Å². The Balaban J connectivity index is 2.16. The standard InChI is InChI=1S/C12H12F2N2O/c1-16-7-15-6-11(16)12(17)5-8-2-3-9(13)10(14)4-8/h2-4,6-7,12,17H,5H2,1H3. The number of aryl methyl sites for hydroxylation is 1. The van der Waals surface area contributed by atoms with Gasteiger partial charge in [0.1, 0.15) is 0 Å². The molecule has 2 rings (SSSR count). The molecule has 0 aliphatic rings. The largest absolute Gasteiger partial charge is 0.386 e.